The number of nitrogens with zero attached hydrogens (tertiary/aromatic N) is 4. The van der Waals surface area contributed by atoms with Crippen LogP contribution in [0.5, 0.6) is 0 Å². The minimum Gasteiger partial charge on any atom is -0.462 e. The van der Waals surface area contributed by atoms with E-state index in [1.165, 1.54) is 49.1 Å². The Morgan fingerprint density at radius 3 is 2.38 bits per heavy atom. The largest absolute Gasteiger partial charge is 0.462 e. The highest BCUT2D eigenvalue weighted by molar-refractivity contribution is 6.34. The number of aliphatic hydroxyl groups is 1. The van der Waals surface area contributed by atoms with E-state index in [4.69, 9.17) is 41.3 Å². The van der Waals surface area contributed by atoms with Crippen molar-refractivity contribution in [2.75, 3.05) is 39.2 Å². The van der Waals surface area contributed by atoms with E-state index in [9.17, 15) is 53.1 Å². The average Bonchev–Trinajstić information content (AvgIpc) is 1.72. The van der Waals surface area contributed by atoms with E-state index >= 15 is 0 Å². The van der Waals surface area contributed by atoms with Crippen LogP contribution >= 0.6 is 11.6 Å². The fraction of sp³-hybridized carbons (Fsp3) is 0.530. The molecule has 4 bridgehead atoms. The summed E-state index contributed by atoms with van der Waals surface area (Å²) in [5.41, 5.74) is 6.32. The summed E-state index contributed by atoms with van der Waals surface area (Å²) in [6, 6.07) is 8.87. The SMILES string of the molecule is CO[C@@H]1/C=C/C=C(\C)Cc2cc(C)c(Cl)c(c2)N(C)C(=O)C[C@H](OC(=O)[C@H](C)N(C)C(=O)c2ccc3nc(CC(=O)[C@H](CCCNC(N)=O)NC(=O)[C@@H](CC(=O)CCCCCN4C(=O)C=CC4=O)C(C)C)ccc3c2)[C@]2(C)O[C@H]2[C@H](C)[C@@H]2C[C@@]1(O)CC(=O)O2. The number of carbonyl (C=O) groups is 10. The van der Waals surface area contributed by atoms with Gasteiger partial charge in [-0.15, -0.1) is 0 Å². The van der Waals surface area contributed by atoms with Crippen LogP contribution in [-0.2, 0) is 70.1 Å². The summed E-state index contributed by atoms with van der Waals surface area (Å²) >= 11 is 6.88. The maximum absolute atomic E-state index is 14.5. The minimum absolute atomic E-state index is 0.000656. The van der Waals surface area contributed by atoms with Crippen molar-refractivity contribution in [1.82, 2.24) is 25.4 Å². The number of ether oxygens (including phenoxy) is 4. The van der Waals surface area contributed by atoms with E-state index < -0.39 is 95.2 Å². The number of esters is 2. The summed E-state index contributed by atoms with van der Waals surface area (Å²) in [5.74, 6) is -5.76. The van der Waals surface area contributed by atoms with E-state index in [0.29, 0.717) is 59.4 Å². The van der Waals surface area contributed by atoms with Crippen LogP contribution < -0.4 is 21.3 Å². The number of aryl methyl sites for hydroxylation is 1. The number of hydrogen-bond acceptors (Lipinski definition) is 16. The Labute approximate surface area is 524 Å². The smallest absolute Gasteiger partial charge is 0.328 e. The molecule has 2 aromatic carbocycles. The third kappa shape index (κ3) is 17.2. The number of amides is 7. The quantitative estimate of drug-likeness (QED) is 0.0333. The molecule has 0 aliphatic carbocycles. The molecule has 7 amide bonds. The minimum atomic E-state index is -1.64. The number of primary amides is 1. The molecule has 23 heteroatoms. The lowest BCUT2D eigenvalue weighted by Gasteiger charge is -2.41. The molecule has 2 fully saturated rings. The monoisotopic (exact) mass is 1250 g/mol. The predicted molar refractivity (Wildman–Crippen MR) is 331 cm³/mol. The lowest BCUT2D eigenvalue weighted by atomic mass is 9.78. The number of imide groups is 1. The number of hydrogen-bond donors (Lipinski definition) is 4. The first-order valence-corrected chi connectivity index (χ1v) is 30.7. The van der Waals surface area contributed by atoms with Gasteiger partial charge in [-0.25, -0.2) is 9.59 Å². The number of carbonyl (C=O) groups excluding carboxylic acids is 10. The molecule has 4 aliphatic rings. The standard InChI is InChI=1S/C66H84ClN7O15/c1-37(2)47(33-46(75)17-12-11-13-27-74-55(77)24-25-56(74)78)61(81)71-49(18-15-26-69-64(68)84)51(76)32-45-22-20-43-31-44(21-23-48(43)70-45)62(82)72(8)41(6)63(83)88-54-34-57(79)73(9)50-30-42(29-39(4)59(50)67)28-38(3)16-14-19-53(86-10)66(85)35-52(87-58(80)36-66)40(5)60-65(54,7)89-60/h14,16,19-25,29-31,37,40-41,47,49,52-54,60,85H,11-13,15,17-18,26-28,32-36H2,1-10H3,(H,71,81)(H3,68,69,84)/b19-14+,38-16+/t40-,41+,47+,49+,52+,53-,54+,60+,65+,66-/m1/s1. The van der Waals surface area contributed by atoms with E-state index in [1.54, 1.807) is 57.3 Å². The number of allylic oxidation sites excluding steroid dienone is 3. The molecule has 5 heterocycles. The highest BCUT2D eigenvalue weighted by Crippen LogP contribution is 2.50. The van der Waals surface area contributed by atoms with Gasteiger partial charge in [0.25, 0.3) is 17.7 Å². The Bertz CT molecular complexity index is 3310. The van der Waals surface area contributed by atoms with Crippen molar-refractivity contribution < 1.29 is 72.0 Å². The van der Waals surface area contributed by atoms with E-state index in [-0.39, 0.29) is 92.9 Å². The maximum atomic E-state index is 14.5. The molecule has 480 valence electrons. The highest BCUT2D eigenvalue weighted by atomic mass is 35.5. The van der Waals surface area contributed by atoms with Crippen LogP contribution in [0.2, 0.25) is 5.02 Å². The van der Waals surface area contributed by atoms with Crippen molar-refractivity contribution in [2.24, 2.45) is 23.5 Å². The molecule has 7 rings (SSSR count). The van der Waals surface area contributed by atoms with Crippen molar-refractivity contribution in [2.45, 2.75) is 173 Å². The zero-order chi connectivity index (χ0) is 65.2. The average molecular weight is 1250 g/mol. The maximum Gasteiger partial charge on any atom is 0.328 e. The summed E-state index contributed by atoms with van der Waals surface area (Å²) in [6.45, 7) is 12.8. The van der Waals surface area contributed by atoms with Crippen LogP contribution in [0.25, 0.3) is 10.9 Å². The Morgan fingerprint density at radius 2 is 1.70 bits per heavy atom. The zero-order valence-corrected chi connectivity index (χ0v) is 53.2. The normalized spacial score (nSPS) is 24.9. The first-order valence-electron chi connectivity index (χ1n) is 30.3. The van der Waals surface area contributed by atoms with Crippen LogP contribution in [0.4, 0.5) is 10.5 Å². The van der Waals surface area contributed by atoms with Gasteiger partial charge >= 0.3 is 18.0 Å². The number of benzene rings is 2. The van der Waals surface area contributed by atoms with Gasteiger partial charge in [0.1, 0.15) is 41.3 Å². The van der Waals surface area contributed by atoms with Gasteiger partial charge in [-0.1, -0.05) is 74.7 Å². The first kappa shape index (κ1) is 68.8. The molecule has 5 N–H and O–H groups in total. The van der Waals surface area contributed by atoms with Gasteiger partial charge in [-0.05, 0) is 107 Å². The molecule has 0 spiro atoms. The number of unbranched alkanes of at least 4 members (excludes halogenated alkanes) is 2. The second-order valence-corrected chi connectivity index (χ2v) is 25.0. The Balaban J connectivity index is 1.03. The number of nitrogens with two attached hydrogens (primary N) is 1. The van der Waals surface area contributed by atoms with E-state index in [0.717, 1.165) is 21.6 Å². The van der Waals surface area contributed by atoms with Crippen LogP contribution in [0.3, 0.4) is 0 Å². The van der Waals surface area contributed by atoms with E-state index in [2.05, 4.69) is 10.6 Å². The lowest BCUT2D eigenvalue weighted by molar-refractivity contribution is -0.187. The molecular weight excluding hydrogens is 1170 g/mol. The number of pyridine rings is 1. The highest BCUT2D eigenvalue weighted by Gasteiger charge is 2.64. The van der Waals surface area contributed by atoms with Gasteiger partial charge in [-0.3, -0.25) is 48.2 Å². The van der Waals surface area contributed by atoms with Gasteiger partial charge in [0.05, 0.1) is 47.6 Å². The third-order valence-corrected chi connectivity index (χ3v) is 18.0. The van der Waals surface area contributed by atoms with Crippen molar-refractivity contribution in [1.29, 1.82) is 0 Å². The summed E-state index contributed by atoms with van der Waals surface area (Å²) in [5, 5.41) is 18.3. The third-order valence-electron chi connectivity index (χ3n) is 17.6. The summed E-state index contributed by atoms with van der Waals surface area (Å²) in [6.07, 6.45) is 5.94. The number of rotatable bonds is 23. The lowest BCUT2D eigenvalue weighted by Crippen LogP contribution is -2.53. The summed E-state index contributed by atoms with van der Waals surface area (Å²) < 4.78 is 24.2. The Hall–Kier alpha value is -7.66. The Morgan fingerprint density at radius 1 is 0.978 bits per heavy atom. The number of methoxy groups -OCH3 is 1. The predicted octanol–water partition coefficient (Wildman–Crippen LogP) is 6.69. The molecule has 0 unspecified atom stereocenters. The molecule has 3 aromatic rings. The number of epoxide rings is 1. The number of aromatic nitrogens is 1. The molecule has 22 nitrogen and oxygen atoms in total. The van der Waals surface area contributed by atoms with Crippen molar-refractivity contribution in [3.8, 4) is 0 Å². The van der Waals surface area contributed by atoms with E-state index in [1.807, 2.05) is 45.9 Å². The van der Waals surface area contributed by atoms with Gasteiger partial charge in [0.15, 0.2) is 5.78 Å². The molecular formula is C66H84ClN7O15. The number of nitrogens with one attached hydrogen (secondary N) is 2. The molecule has 1 aromatic heterocycles. The fourth-order valence-electron chi connectivity index (χ4n) is 11.9. The summed E-state index contributed by atoms with van der Waals surface area (Å²) in [7, 11) is 4.49. The van der Waals surface area contributed by atoms with Gasteiger partial charge in [0, 0.05) is 94.2 Å². The van der Waals surface area contributed by atoms with Crippen molar-refractivity contribution in [3.63, 3.8) is 0 Å². The van der Waals surface area contributed by atoms with Gasteiger partial charge < -0.3 is 50.2 Å². The van der Waals surface area contributed by atoms with Crippen LogP contribution in [0, 0.1) is 24.7 Å². The van der Waals surface area contributed by atoms with Gasteiger partial charge in [0.2, 0.25) is 11.8 Å². The Kier molecular flexibility index (Phi) is 23.0. The van der Waals surface area contributed by atoms with Crippen LogP contribution in [0.1, 0.15) is 133 Å². The molecule has 10 atom stereocenters. The number of ketones is 2. The molecule has 2 saturated heterocycles. The van der Waals surface area contributed by atoms with Crippen LogP contribution in [-0.4, -0.2) is 161 Å². The zero-order valence-electron chi connectivity index (χ0n) is 52.4. The number of halogens is 1. The summed E-state index contributed by atoms with van der Waals surface area (Å²) in [4.78, 5) is 141. The van der Waals surface area contributed by atoms with Crippen molar-refractivity contribution in [3.05, 3.63) is 106 Å². The first-order chi connectivity index (χ1) is 42.0. The van der Waals surface area contributed by atoms with Gasteiger partial charge in [-0.2, -0.15) is 0 Å². The fourth-order valence-corrected chi connectivity index (χ4v) is 12.1. The number of fused-ring (bicyclic) bond motifs is 6. The number of anilines is 1. The molecule has 0 saturated carbocycles. The number of urea groups is 1. The number of likely N-dealkylation sites (N-methyl/N-ethyl adjacent to an activating group) is 1. The number of Topliss-reactive ketones (excluding diaryl/α,β-unsaturated/α-hetero) is 2. The van der Waals surface area contributed by atoms with Crippen LogP contribution in [0.15, 0.2) is 78.4 Å². The second-order valence-electron chi connectivity index (χ2n) is 24.7. The molecule has 4 aliphatic heterocycles. The molecule has 0 radical (unpaired) electrons. The molecule has 89 heavy (non-hydrogen) atoms. The topological polar surface area (TPSA) is 304 Å². The second kappa shape index (κ2) is 29.8. The van der Waals surface area contributed by atoms with Crippen molar-refractivity contribution >= 4 is 87.3 Å².